The molecule has 1 aromatic heterocycles. The highest BCUT2D eigenvalue weighted by Gasteiger charge is 2.30. The number of carbonyl (C=O) groups is 2. The molecular formula is C22H27ClFN3O3. The van der Waals surface area contributed by atoms with Gasteiger partial charge >= 0.3 is 0 Å². The van der Waals surface area contributed by atoms with E-state index in [9.17, 15) is 14.0 Å². The average Bonchev–Trinajstić information content (AvgIpc) is 3.10. The zero-order valence-corrected chi connectivity index (χ0v) is 18.3. The molecule has 1 saturated heterocycles. The maximum absolute atomic E-state index is 14.4. The maximum atomic E-state index is 14.4. The first-order chi connectivity index (χ1) is 14.4. The molecule has 1 N–H and O–H groups in total. The summed E-state index contributed by atoms with van der Waals surface area (Å²) >= 11 is 6.15. The van der Waals surface area contributed by atoms with Crippen LogP contribution in [-0.4, -0.2) is 41.0 Å². The Morgan fingerprint density at radius 1 is 1.30 bits per heavy atom. The van der Waals surface area contributed by atoms with Gasteiger partial charge in [0.1, 0.15) is 22.8 Å². The Morgan fingerprint density at radius 2 is 1.97 bits per heavy atom. The molecule has 2 amide bonds. The van der Waals surface area contributed by atoms with Gasteiger partial charge in [-0.15, -0.1) is 0 Å². The van der Waals surface area contributed by atoms with Crippen molar-refractivity contribution in [3.05, 3.63) is 40.4 Å². The van der Waals surface area contributed by atoms with Gasteiger partial charge in [-0.3, -0.25) is 9.59 Å². The lowest BCUT2D eigenvalue weighted by atomic mass is 9.98. The van der Waals surface area contributed by atoms with Gasteiger partial charge in [-0.2, -0.15) is 0 Å². The highest BCUT2D eigenvalue weighted by atomic mass is 35.5. The molecule has 2 heterocycles. The molecule has 6 nitrogen and oxygen atoms in total. The average molecular weight is 436 g/mol. The van der Waals surface area contributed by atoms with Crippen LogP contribution in [0.2, 0.25) is 5.02 Å². The molecule has 0 radical (unpaired) electrons. The zero-order valence-electron chi connectivity index (χ0n) is 17.5. The number of piperidine rings is 1. The summed E-state index contributed by atoms with van der Waals surface area (Å²) in [6.45, 7) is 6.88. The van der Waals surface area contributed by atoms with Crippen molar-refractivity contribution in [3.63, 3.8) is 0 Å². The monoisotopic (exact) mass is 435 g/mol. The molecule has 1 aromatic carbocycles. The summed E-state index contributed by atoms with van der Waals surface area (Å²) in [5.74, 6) is -0.408. The zero-order chi connectivity index (χ0) is 21.8. The summed E-state index contributed by atoms with van der Waals surface area (Å²) in [7, 11) is 0. The normalized spacial score (nSPS) is 14.9. The fraction of sp³-hybridized carbons (Fsp3) is 0.500. The minimum Gasteiger partial charge on any atom is -0.360 e. The Bertz CT molecular complexity index is 898. The first kappa shape index (κ1) is 22.3. The van der Waals surface area contributed by atoms with Crippen molar-refractivity contribution in [1.82, 2.24) is 15.4 Å². The second-order valence-corrected chi connectivity index (χ2v) is 8.05. The number of nitrogens with zero attached hydrogens (tertiary/aromatic N) is 2. The molecule has 3 rings (SSSR count). The van der Waals surface area contributed by atoms with Crippen LogP contribution in [0.25, 0.3) is 11.3 Å². The van der Waals surface area contributed by atoms with Crippen LogP contribution in [0.4, 0.5) is 4.39 Å². The second kappa shape index (κ2) is 9.60. The Labute approximate surface area is 180 Å². The maximum Gasteiger partial charge on any atom is 0.257 e. The lowest BCUT2D eigenvalue weighted by Gasteiger charge is -2.34. The van der Waals surface area contributed by atoms with Crippen LogP contribution < -0.4 is 5.32 Å². The standard InChI is InChI=1S/C22H27ClFN3O3/c1-4-14(5-2)22(29)27-11-9-15(10-12-27)25-21(28)18-13(3)30-26-20(18)19-16(23)7-6-8-17(19)24/h6-8,14-15H,4-5,9-12H2,1-3H3,(H,25,28). The number of carbonyl (C=O) groups excluding carboxylic acids is 2. The number of hydrogen-bond acceptors (Lipinski definition) is 4. The third-order valence-electron chi connectivity index (χ3n) is 5.77. The van der Waals surface area contributed by atoms with Crippen LogP contribution in [0.1, 0.15) is 55.6 Å². The Kier molecular flexibility index (Phi) is 7.13. The summed E-state index contributed by atoms with van der Waals surface area (Å²) in [5.41, 5.74) is 0.318. The largest absolute Gasteiger partial charge is 0.360 e. The van der Waals surface area contributed by atoms with Gasteiger partial charge in [0.2, 0.25) is 5.91 Å². The number of nitrogens with one attached hydrogen (secondary N) is 1. The lowest BCUT2D eigenvalue weighted by Crippen LogP contribution is -2.48. The van der Waals surface area contributed by atoms with Gasteiger partial charge in [-0.25, -0.2) is 4.39 Å². The summed E-state index contributed by atoms with van der Waals surface area (Å²) < 4.78 is 19.5. The van der Waals surface area contributed by atoms with Gasteiger partial charge < -0.3 is 14.7 Å². The quantitative estimate of drug-likeness (QED) is 0.719. The summed E-state index contributed by atoms with van der Waals surface area (Å²) in [4.78, 5) is 27.4. The van der Waals surface area contributed by atoms with E-state index in [1.807, 2.05) is 18.7 Å². The topological polar surface area (TPSA) is 75.4 Å². The number of amides is 2. The van der Waals surface area contributed by atoms with Gasteiger partial charge in [0.15, 0.2) is 0 Å². The van der Waals surface area contributed by atoms with E-state index in [2.05, 4.69) is 10.5 Å². The van der Waals surface area contributed by atoms with E-state index >= 15 is 0 Å². The summed E-state index contributed by atoms with van der Waals surface area (Å²) in [6.07, 6.45) is 3.00. The molecule has 0 aliphatic carbocycles. The van der Waals surface area contributed by atoms with Gasteiger partial charge in [-0.1, -0.05) is 36.7 Å². The van der Waals surface area contributed by atoms with E-state index in [0.29, 0.717) is 31.7 Å². The molecule has 1 aliphatic rings. The second-order valence-electron chi connectivity index (χ2n) is 7.65. The van der Waals surface area contributed by atoms with E-state index in [1.165, 1.54) is 18.2 Å². The van der Waals surface area contributed by atoms with Crippen molar-refractivity contribution in [1.29, 1.82) is 0 Å². The van der Waals surface area contributed by atoms with Crippen LogP contribution in [0, 0.1) is 18.7 Å². The highest BCUT2D eigenvalue weighted by Crippen LogP contribution is 2.33. The molecule has 1 fully saturated rings. The minimum atomic E-state index is -0.571. The van der Waals surface area contributed by atoms with Crippen molar-refractivity contribution in [2.45, 2.75) is 52.5 Å². The third kappa shape index (κ3) is 4.51. The molecule has 162 valence electrons. The van der Waals surface area contributed by atoms with E-state index in [1.54, 1.807) is 6.92 Å². The van der Waals surface area contributed by atoms with Crippen molar-refractivity contribution in [3.8, 4) is 11.3 Å². The van der Waals surface area contributed by atoms with Crippen LogP contribution >= 0.6 is 11.6 Å². The molecule has 0 bridgehead atoms. The predicted octanol–water partition coefficient (Wildman–Crippen LogP) is 4.60. The van der Waals surface area contributed by atoms with E-state index in [-0.39, 0.29) is 45.6 Å². The first-order valence-electron chi connectivity index (χ1n) is 10.4. The van der Waals surface area contributed by atoms with Crippen molar-refractivity contribution < 1.29 is 18.5 Å². The minimum absolute atomic E-state index is 0.0479. The molecule has 30 heavy (non-hydrogen) atoms. The number of halogens is 2. The molecule has 8 heteroatoms. The summed E-state index contributed by atoms with van der Waals surface area (Å²) in [5, 5.41) is 7.03. The number of aryl methyl sites for hydroxylation is 1. The summed E-state index contributed by atoms with van der Waals surface area (Å²) in [6, 6.07) is 4.21. The molecule has 0 spiro atoms. The molecule has 0 unspecified atom stereocenters. The SMILES string of the molecule is CCC(CC)C(=O)N1CCC(NC(=O)c2c(-c3c(F)cccc3Cl)noc2C)CC1. The first-order valence-corrected chi connectivity index (χ1v) is 10.7. The van der Waals surface area contributed by atoms with E-state index < -0.39 is 5.82 Å². The van der Waals surface area contributed by atoms with Crippen LogP contribution in [-0.2, 0) is 4.79 Å². The van der Waals surface area contributed by atoms with Crippen LogP contribution in [0.15, 0.2) is 22.7 Å². The van der Waals surface area contributed by atoms with Crippen molar-refractivity contribution in [2.75, 3.05) is 13.1 Å². The fourth-order valence-electron chi connectivity index (χ4n) is 3.93. The molecule has 2 aromatic rings. The van der Waals surface area contributed by atoms with E-state index in [0.717, 1.165) is 12.8 Å². The highest BCUT2D eigenvalue weighted by molar-refractivity contribution is 6.33. The smallest absolute Gasteiger partial charge is 0.257 e. The van der Waals surface area contributed by atoms with Crippen LogP contribution in [0.5, 0.6) is 0 Å². The third-order valence-corrected chi connectivity index (χ3v) is 6.08. The Balaban J connectivity index is 1.70. The fourth-order valence-corrected chi connectivity index (χ4v) is 4.18. The van der Waals surface area contributed by atoms with E-state index in [4.69, 9.17) is 16.1 Å². The number of likely N-dealkylation sites (tertiary alicyclic amines) is 1. The van der Waals surface area contributed by atoms with Crippen molar-refractivity contribution in [2.24, 2.45) is 5.92 Å². The molecule has 1 aliphatic heterocycles. The number of aromatic nitrogens is 1. The van der Waals surface area contributed by atoms with Gasteiger partial charge in [0, 0.05) is 25.0 Å². The van der Waals surface area contributed by atoms with Crippen molar-refractivity contribution >= 4 is 23.4 Å². The lowest BCUT2D eigenvalue weighted by molar-refractivity contribution is -0.136. The molecule has 0 atom stereocenters. The van der Waals surface area contributed by atoms with Gasteiger partial charge in [0.05, 0.1) is 10.6 Å². The molecular weight excluding hydrogens is 409 g/mol. The predicted molar refractivity (Wildman–Crippen MR) is 113 cm³/mol. The molecule has 0 saturated carbocycles. The van der Waals surface area contributed by atoms with Gasteiger partial charge in [0.25, 0.3) is 5.91 Å². The number of rotatable bonds is 6. The number of benzene rings is 1. The Morgan fingerprint density at radius 3 is 2.57 bits per heavy atom. The van der Waals surface area contributed by atoms with Gasteiger partial charge in [-0.05, 0) is 44.7 Å². The number of hydrogen-bond donors (Lipinski definition) is 1. The Hall–Kier alpha value is -2.41. The van der Waals surface area contributed by atoms with Crippen LogP contribution in [0.3, 0.4) is 0 Å².